The van der Waals surface area contributed by atoms with Crippen LogP contribution in [0.5, 0.6) is 17.2 Å². The van der Waals surface area contributed by atoms with E-state index in [4.69, 9.17) is 9.47 Å². The predicted octanol–water partition coefficient (Wildman–Crippen LogP) is 5.69. The van der Waals surface area contributed by atoms with E-state index in [1.165, 1.54) is 5.56 Å². The van der Waals surface area contributed by atoms with Crippen LogP contribution in [-0.4, -0.2) is 25.5 Å². The summed E-state index contributed by atoms with van der Waals surface area (Å²) in [6.07, 6.45) is 0. The molecule has 6 nitrogen and oxygen atoms in total. The Kier molecular flexibility index (Phi) is 5.85. The van der Waals surface area contributed by atoms with Crippen LogP contribution in [0.15, 0.2) is 60.7 Å². The number of carbonyl (C=O) groups is 2. The van der Waals surface area contributed by atoms with Crippen molar-refractivity contribution in [1.82, 2.24) is 0 Å². The Bertz CT molecular complexity index is 1210. The number of hydrogen-bond donors (Lipinski definition) is 1. The maximum atomic E-state index is 13.1. The van der Waals surface area contributed by atoms with Gasteiger partial charge in [0.1, 0.15) is 11.5 Å². The summed E-state index contributed by atoms with van der Waals surface area (Å²) in [7, 11) is 1.71. The van der Waals surface area contributed by atoms with Crippen molar-refractivity contribution in [2.24, 2.45) is 0 Å². The Morgan fingerprint density at radius 2 is 1.70 bits per heavy atom. The number of anilines is 2. The van der Waals surface area contributed by atoms with E-state index in [0.717, 1.165) is 5.56 Å². The highest BCUT2D eigenvalue weighted by atomic mass is 16.5. The molecular weight excluding hydrogens is 416 g/mol. The van der Waals surface area contributed by atoms with Gasteiger partial charge in [0, 0.05) is 12.7 Å². The number of amides is 2. The second-order valence-corrected chi connectivity index (χ2v) is 9.26. The van der Waals surface area contributed by atoms with Gasteiger partial charge in [-0.1, -0.05) is 39.0 Å². The highest BCUT2D eigenvalue weighted by Crippen LogP contribution is 2.39. The molecule has 4 rings (SSSR count). The third-order valence-electron chi connectivity index (χ3n) is 5.58. The number of rotatable bonds is 4. The summed E-state index contributed by atoms with van der Waals surface area (Å²) < 4.78 is 11.6. The first-order valence-corrected chi connectivity index (χ1v) is 10.9. The quantitative estimate of drug-likeness (QED) is 0.561. The average molecular weight is 445 g/mol. The standard InChI is InChI=1S/C27H28N2O4/c1-17-6-12-24-22(14-17)29(5)26(31)21-15-19(9-13-23(21)33-24)28-25(30)16-32-20-10-7-18(8-11-20)27(2,3)4/h6-15H,16H2,1-5H3,(H,28,30). The number of nitrogens with one attached hydrogen (secondary N) is 1. The van der Waals surface area contributed by atoms with E-state index in [-0.39, 0.29) is 23.8 Å². The lowest BCUT2D eigenvalue weighted by Gasteiger charge is -2.19. The van der Waals surface area contributed by atoms with Crippen LogP contribution in [-0.2, 0) is 10.2 Å². The molecule has 0 fully saturated rings. The average Bonchev–Trinajstić information content (AvgIpc) is 2.87. The Morgan fingerprint density at radius 3 is 2.39 bits per heavy atom. The van der Waals surface area contributed by atoms with Crippen molar-refractivity contribution >= 4 is 23.2 Å². The molecule has 0 saturated carbocycles. The van der Waals surface area contributed by atoms with Crippen LogP contribution in [0.2, 0.25) is 0 Å². The maximum absolute atomic E-state index is 13.1. The monoisotopic (exact) mass is 444 g/mol. The molecule has 0 bridgehead atoms. The molecule has 1 aliphatic heterocycles. The summed E-state index contributed by atoms with van der Waals surface area (Å²) in [6.45, 7) is 8.25. The molecule has 3 aromatic rings. The van der Waals surface area contributed by atoms with E-state index in [9.17, 15) is 9.59 Å². The Labute approximate surface area is 194 Å². The molecule has 0 radical (unpaired) electrons. The minimum Gasteiger partial charge on any atom is -0.484 e. The van der Waals surface area contributed by atoms with Crippen LogP contribution in [0, 0.1) is 6.92 Å². The van der Waals surface area contributed by atoms with Crippen molar-refractivity contribution in [3.8, 4) is 17.2 Å². The van der Waals surface area contributed by atoms with Crippen LogP contribution in [0.1, 0.15) is 42.3 Å². The summed E-state index contributed by atoms with van der Waals surface area (Å²) in [5, 5.41) is 2.79. The summed E-state index contributed by atoms with van der Waals surface area (Å²) in [5.41, 5.74) is 3.85. The molecule has 0 spiro atoms. The van der Waals surface area contributed by atoms with Crippen molar-refractivity contribution in [2.45, 2.75) is 33.1 Å². The van der Waals surface area contributed by atoms with Gasteiger partial charge in [-0.05, 0) is 65.9 Å². The van der Waals surface area contributed by atoms with Crippen LogP contribution in [0.25, 0.3) is 0 Å². The molecule has 170 valence electrons. The predicted molar refractivity (Wildman–Crippen MR) is 130 cm³/mol. The lowest BCUT2D eigenvalue weighted by Crippen LogP contribution is -2.25. The molecule has 1 aliphatic rings. The van der Waals surface area contributed by atoms with Gasteiger partial charge in [0.05, 0.1) is 11.3 Å². The fraction of sp³-hybridized carbons (Fsp3) is 0.259. The fourth-order valence-electron chi connectivity index (χ4n) is 3.65. The molecular formula is C27H28N2O4. The Morgan fingerprint density at radius 1 is 1.00 bits per heavy atom. The first-order valence-electron chi connectivity index (χ1n) is 10.9. The number of ether oxygens (including phenoxy) is 2. The van der Waals surface area contributed by atoms with Gasteiger partial charge in [0.25, 0.3) is 11.8 Å². The van der Waals surface area contributed by atoms with E-state index >= 15 is 0 Å². The fourth-order valence-corrected chi connectivity index (χ4v) is 3.65. The topological polar surface area (TPSA) is 67.9 Å². The summed E-state index contributed by atoms with van der Waals surface area (Å²) >= 11 is 0. The van der Waals surface area contributed by atoms with E-state index in [1.54, 1.807) is 30.1 Å². The highest BCUT2D eigenvalue weighted by Gasteiger charge is 2.26. The molecule has 1 heterocycles. The minimum absolute atomic E-state index is 0.0522. The molecule has 3 aromatic carbocycles. The zero-order valence-corrected chi connectivity index (χ0v) is 19.6. The Hall–Kier alpha value is -3.80. The smallest absolute Gasteiger partial charge is 0.262 e. The number of hydrogen-bond acceptors (Lipinski definition) is 4. The SMILES string of the molecule is Cc1ccc2c(c1)N(C)C(=O)c1cc(NC(=O)COc3ccc(C(C)(C)C)cc3)ccc1O2. The van der Waals surface area contributed by atoms with Crippen LogP contribution < -0.4 is 19.7 Å². The summed E-state index contributed by atoms with van der Waals surface area (Å²) in [4.78, 5) is 27.1. The Balaban J connectivity index is 1.45. The van der Waals surface area contributed by atoms with Gasteiger partial charge in [-0.2, -0.15) is 0 Å². The van der Waals surface area contributed by atoms with Gasteiger partial charge in [-0.15, -0.1) is 0 Å². The van der Waals surface area contributed by atoms with E-state index < -0.39 is 0 Å². The lowest BCUT2D eigenvalue weighted by molar-refractivity contribution is -0.118. The van der Waals surface area contributed by atoms with Gasteiger partial charge in [-0.25, -0.2) is 0 Å². The lowest BCUT2D eigenvalue weighted by atomic mass is 9.87. The van der Waals surface area contributed by atoms with Gasteiger partial charge < -0.3 is 19.7 Å². The van der Waals surface area contributed by atoms with Gasteiger partial charge in [0.2, 0.25) is 0 Å². The van der Waals surface area contributed by atoms with Crippen LogP contribution in [0.3, 0.4) is 0 Å². The van der Waals surface area contributed by atoms with E-state index in [1.807, 2.05) is 49.4 Å². The first-order chi connectivity index (χ1) is 15.6. The second-order valence-electron chi connectivity index (χ2n) is 9.26. The van der Waals surface area contributed by atoms with E-state index in [0.29, 0.717) is 34.2 Å². The molecule has 0 saturated heterocycles. The summed E-state index contributed by atoms with van der Waals surface area (Å²) in [5.74, 6) is 1.16. The third kappa shape index (κ3) is 4.85. The van der Waals surface area contributed by atoms with Crippen molar-refractivity contribution in [3.05, 3.63) is 77.4 Å². The normalized spacial score (nSPS) is 12.9. The molecule has 1 N–H and O–H groups in total. The number of fused-ring (bicyclic) bond motifs is 2. The largest absolute Gasteiger partial charge is 0.484 e. The molecule has 0 aliphatic carbocycles. The summed E-state index contributed by atoms with van der Waals surface area (Å²) in [6, 6.07) is 18.5. The number of nitrogens with zero attached hydrogens (tertiary/aromatic N) is 1. The van der Waals surface area contributed by atoms with Crippen molar-refractivity contribution in [2.75, 3.05) is 23.9 Å². The number of benzene rings is 3. The first kappa shape index (κ1) is 22.4. The van der Waals surface area contributed by atoms with Crippen molar-refractivity contribution in [3.63, 3.8) is 0 Å². The van der Waals surface area contributed by atoms with Gasteiger partial charge >= 0.3 is 0 Å². The van der Waals surface area contributed by atoms with Gasteiger partial charge in [0.15, 0.2) is 12.4 Å². The maximum Gasteiger partial charge on any atom is 0.262 e. The van der Waals surface area contributed by atoms with Gasteiger partial charge in [-0.3, -0.25) is 9.59 Å². The minimum atomic E-state index is -0.316. The molecule has 0 aromatic heterocycles. The molecule has 33 heavy (non-hydrogen) atoms. The van der Waals surface area contributed by atoms with Crippen molar-refractivity contribution < 1.29 is 19.1 Å². The van der Waals surface area contributed by atoms with Crippen molar-refractivity contribution in [1.29, 1.82) is 0 Å². The number of carbonyl (C=O) groups excluding carboxylic acids is 2. The second kappa shape index (κ2) is 8.62. The van der Waals surface area contributed by atoms with Crippen LogP contribution in [0.4, 0.5) is 11.4 Å². The zero-order valence-electron chi connectivity index (χ0n) is 19.6. The molecule has 0 atom stereocenters. The zero-order chi connectivity index (χ0) is 23.8. The highest BCUT2D eigenvalue weighted by molar-refractivity contribution is 6.10. The molecule has 0 unspecified atom stereocenters. The van der Waals surface area contributed by atoms with E-state index in [2.05, 4.69) is 26.1 Å². The molecule has 6 heteroatoms. The number of aryl methyl sites for hydroxylation is 1. The molecule has 2 amide bonds. The third-order valence-corrected chi connectivity index (χ3v) is 5.58. The van der Waals surface area contributed by atoms with Crippen LogP contribution >= 0.6 is 0 Å².